The maximum absolute atomic E-state index is 12.4. The van der Waals surface area contributed by atoms with Gasteiger partial charge in [-0.05, 0) is 39.5 Å². The lowest BCUT2D eigenvalue weighted by Crippen LogP contribution is -2.52. The second-order valence-electron chi connectivity index (χ2n) is 7.52. The molecule has 1 unspecified atom stereocenters. The van der Waals surface area contributed by atoms with Gasteiger partial charge in [0.1, 0.15) is 0 Å². The minimum Gasteiger partial charge on any atom is -0.348 e. The summed E-state index contributed by atoms with van der Waals surface area (Å²) in [5.41, 5.74) is 1.48. The van der Waals surface area contributed by atoms with Crippen LogP contribution >= 0.6 is 0 Å². The molecule has 1 fully saturated rings. The van der Waals surface area contributed by atoms with Gasteiger partial charge in [0.05, 0.1) is 5.69 Å². The Morgan fingerprint density at radius 2 is 2.12 bits per heavy atom. The van der Waals surface area contributed by atoms with Crippen LogP contribution in [0.2, 0.25) is 0 Å². The van der Waals surface area contributed by atoms with Crippen molar-refractivity contribution in [3.8, 4) is 0 Å². The lowest BCUT2D eigenvalue weighted by Gasteiger charge is -2.40. The van der Waals surface area contributed by atoms with Gasteiger partial charge in [-0.2, -0.15) is 0 Å². The van der Waals surface area contributed by atoms with E-state index in [-0.39, 0.29) is 23.0 Å². The van der Waals surface area contributed by atoms with E-state index in [4.69, 9.17) is 4.98 Å². The molecule has 7 heteroatoms. The quantitative estimate of drug-likeness (QED) is 0.853. The van der Waals surface area contributed by atoms with E-state index in [1.165, 1.54) is 0 Å². The number of hydrogen-bond acceptors (Lipinski definition) is 4. The molecule has 3 rings (SSSR count). The van der Waals surface area contributed by atoms with E-state index < -0.39 is 0 Å². The summed E-state index contributed by atoms with van der Waals surface area (Å²) in [6.45, 7) is 5.33. The molecule has 1 aromatic rings. The highest BCUT2D eigenvalue weighted by Crippen LogP contribution is 2.43. The molecule has 1 aromatic heterocycles. The molecule has 7 nitrogen and oxygen atoms in total. The predicted octanol–water partition coefficient (Wildman–Crippen LogP) is 1.23. The number of nitrogens with zero attached hydrogens (tertiary/aromatic N) is 3. The Morgan fingerprint density at radius 3 is 2.79 bits per heavy atom. The number of aromatic nitrogens is 2. The van der Waals surface area contributed by atoms with Crippen LogP contribution in [0.3, 0.4) is 0 Å². The van der Waals surface area contributed by atoms with Crippen LogP contribution in [-0.4, -0.2) is 54.1 Å². The number of nitrogens with one attached hydrogen (secondary N) is 2. The SMILES string of the molecule is CC(C)NC(=O)N1CCCC2(CCc3c2nc(N(C)C)[nH]c3=O)C1. The highest BCUT2D eigenvalue weighted by Gasteiger charge is 2.45. The molecule has 2 amide bonds. The molecule has 1 spiro atoms. The number of hydrogen-bond donors (Lipinski definition) is 2. The maximum Gasteiger partial charge on any atom is 0.317 e. The first-order valence-corrected chi connectivity index (χ1v) is 8.69. The molecule has 0 bridgehead atoms. The minimum atomic E-state index is -0.180. The number of urea groups is 1. The van der Waals surface area contributed by atoms with E-state index in [9.17, 15) is 9.59 Å². The van der Waals surface area contributed by atoms with Gasteiger partial charge in [-0.1, -0.05) is 0 Å². The van der Waals surface area contributed by atoms with Gasteiger partial charge in [-0.25, -0.2) is 9.78 Å². The Hall–Kier alpha value is -2.05. The molecular formula is C17H27N5O2. The number of likely N-dealkylation sites (tertiary alicyclic amines) is 1. The summed E-state index contributed by atoms with van der Waals surface area (Å²) in [6.07, 6.45) is 3.55. The normalized spacial score (nSPS) is 22.8. The summed E-state index contributed by atoms with van der Waals surface area (Å²) in [7, 11) is 3.74. The fourth-order valence-corrected chi connectivity index (χ4v) is 3.89. The topological polar surface area (TPSA) is 81.3 Å². The number of rotatable bonds is 2. The Kier molecular flexibility index (Phi) is 4.27. The number of aromatic amines is 1. The molecule has 2 aliphatic rings. The summed E-state index contributed by atoms with van der Waals surface area (Å²) in [5, 5.41) is 2.97. The summed E-state index contributed by atoms with van der Waals surface area (Å²) in [6, 6.07) is 0.0998. The van der Waals surface area contributed by atoms with Crippen molar-refractivity contribution in [2.45, 2.75) is 51.0 Å². The van der Waals surface area contributed by atoms with Crippen molar-refractivity contribution in [3.05, 3.63) is 21.6 Å². The average Bonchev–Trinajstić information content (AvgIpc) is 2.85. The van der Waals surface area contributed by atoms with E-state index >= 15 is 0 Å². The maximum atomic E-state index is 12.4. The largest absolute Gasteiger partial charge is 0.348 e. The Balaban J connectivity index is 1.93. The Morgan fingerprint density at radius 1 is 1.38 bits per heavy atom. The van der Waals surface area contributed by atoms with Gasteiger partial charge in [0.2, 0.25) is 5.95 Å². The van der Waals surface area contributed by atoms with Crippen LogP contribution in [-0.2, 0) is 11.8 Å². The van der Waals surface area contributed by atoms with Crippen LogP contribution in [0.5, 0.6) is 0 Å². The van der Waals surface area contributed by atoms with Gasteiger partial charge in [0, 0.05) is 44.2 Å². The summed E-state index contributed by atoms with van der Waals surface area (Å²) in [4.78, 5) is 36.1. The van der Waals surface area contributed by atoms with Gasteiger partial charge in [-0.15, -0.1) is 0 Å². The second kappa shape index (κ2) is 6.11. The molecule has 1 aliphatic heterocycles. The third-order valence-corrected chi connectivity index (χ3v) is 5.06. The van der Waals surface area contributed by atoms with Crippen molar-refractivity contribution in [1.29, 1.82) is 0 Å². The third-order valence-electron chi connectivity index (χ3n) is 5.06. The molecule has 1 saturated heterocycles. The third kappa shape index (κ3) is 2.87. The molecule has 0 saturated carbocycles. The molecule has 2 heterocycles. The molecule has 0 aromatic carbocycles. The lowest BCUT2D eigenvalue weighted by molar-refractivity contribution is 0.146. The fraction of sp³-hybridized carbons (Fsp3) is 0.706. The molecule has 1 atom stereocenters. The second-order valence-corrected chi connectivity index (χ2v) is 7.52. The monoisotopic (exact) mass is 333 g/mol. The van der Waals surface area contributed by atoms with E-state index in [0.717, 1.165) is 43.5 Å². The summed E-state index contributed by atoms with van der Waals surface area (Å²) >= 11 is 0. The van der Waals surface area contributed by atoms with Gasteiger partial charge in [0.25, 0.3) is 5.56 Å². The number of fused-ring (bicyclic) bond motifs is 2. The fourth-order valence-electron chi connectivity index (χ4n) is 3.89. The standard InChI is InChI=1S/C17H27N5O2/c1-11(2)18-16(24)22-9-5-7-17(10-22)8-6-12-13(17)19-15(21(3)4)20-14(12)23/h11H,5-10H2,1-4H3,(H,18,24)(H,19,20,23). The van der Waals surface area contributed by atoms with Crippen LogP contribution in [0.1, 0.15) is 44.4 Å². The van der Waals surface area contributed by atoms with Crippen molar-refractivity contribution in [1.82, 2.24) is 20.2 Å². The minimum absolute atomic E-state index is 0.0183. The molecule has 24 heavy (non-hydrogen) atoms. The van der Waals surface area contributed by atoms with Crippen molar-refractivity contribution in [2.75, 3.05) is 32.1 Å². The van der Waals surface area contributed by atoms with Crippen molar-refractivity contribution in [2.24, 2.45) is 0 Å². The molecular weight excluding hydrogens is 306 g/mol. The van der Waals surface area contributed by atoms with E-state index in [2.05, 4.69) is 10.3 Å². The van der Waals surface area contributed by atoms with Crippen LogP contribution in [0.15, 0.2) is 4.79 Å². The number of carbonyl (C=O) groups is 1. The van der Waals surface area contributed by atoms with Crippen LogP contribution in [0.25, 0.3) is 0 Å². The summed E-state index contributed by atoms with van der Waals surface area (Å²) < 4.78 is 0. The smallest absolute Gasteiger partial charge is 0.317 e. The van der Waals surface area contributed by atoms with Gasteiger partial charge >= 0.3 is 6.03 Å². The zero-order chi connectivity index (χ0) is 17.5. The molecule has 132 valence electrons. The Bertz CT molecular complexity index is 697. The Labute approximate surface area is 142 Å². The number of piperidine rings is 1. The molecule has 2 N–H and O–H groups in total. The van der Waals surface area contributed by atoms with Crippen molar-refractivity contribution < 1.29 is 4.79 Å². The van der Waals surface area contributed by atoms with Crippen LogP contribution < -0.4 is 15.8 Å². The van der Waals surface area contributed by atoms with Gasteiger partial charge in [-0.3, -0.25) is 9.78 Å². The van der Waals surface area contributed by atoms with Gasteiger partial charge < -0.3 is 15.1 Å². The zero-order valence-electron chi connectivity index (χ0n) is 15.0. The number of carbonyl (C=O) groups excluding carboxylic acids is 1. The summed E-state index contributed by atoms with van der Waals surface area (Å²) in [5.74, 6) is 0.587. The number of amides is 2. The first-order valence-electron chi connectivity index (χ1n) is 8.69. The van der Waals surface area contributed by atoms with Crippen LogP contribution in [0.4, 0.5) is 10.7 Å². The predicted molar refractivity (Wildman–Crippen MR) is 93.7 cm³/mol. The molecule has 1 aliphatic carbocycles. The van der Waals surface area contributed by atoms with E-state index in [1.54, 1.807) is 0 Å². The van der Waals surface area contributed by atoms with Crippen molar-refractivity contribution >= 4 is 12.0 Å². The lowest BCUT2D eigenvalue weighted by atomic mass is 9.77. The highest BCUT2D eigenvalue weighted by atomic mass is 16.2. The molecule has 0 radical (unpaired) electrons. The van der Waals surface area contributed by atoms with Crippen molar-refractivity contribution in [3.63, 3.8) is 0 Å². The zero-order valence-corrected chi connectivity index (χ0v) is 15.0. The van der Waals surface area contributed by atoms with E-state index in [0.29, 0.717) is 12.5 Å². The van der Waals surface area contributed by atoms with Gasteiger partial charge in [0.15, 0.2) is 0 Å². The van der Waals surface area contributed by atoms with E-state index in [1.807, 2.05) is 37.7 Å². The first-order chi connectivity index (χ1) is 11.3. The number of H-pyrrole nitrogens is 1. The average molecular weight is 333 g/mol. The number of anilines is 1. The highest BCUT2D eigenvalue weighted by molar-refractivity contribution is 5.74. The van der Waals surface area contributed by atoms with Crippen LogP contribution in [0, 0.1) is 0 Å². The first kappa shape index (κ1) is 16.8.